The van der Waals surface area contributed by atoms with Gasteiger partial charge in [-0.1, -0.05) is 60.1 Å². The molecular formula is C45H41ClN8O5S2. The summed E-state index contributed by atoms with van der Waals surface area (Å²) in [5.41, 5.74) is 9.27. The number of nitrogens with zero attached hydrogens (tertiary/aromatic N) is 5. The maximum absolute atomic E-state index is 13.3. The Morgan fingerprint density at radius 1 is 1.00 bits per heavy atom. The van der Waals surface area contributed by atoms with Crippen molar-refractivity contribution in [2.75, 3.05) is 30.2 Å². The van der Waals surface area contributed by atoms with Gasteiger partial charge in [0.05, 0.1) is 47.5 Å². The molecule has 16 heteroatoms. The Morgan fingerprint density at radius 3 is 2.44 bits per heavy atom. The Hall–Kier alpha value is -6.34. The van der Waals surface area contributed by atoms with Gasteiger partial charge < -0.3 is 15.4 Å². The van der Waals surface area contributed by atoms with E-state index in [0.29, 0.717) is 53.1 Å². The summed E-state index contributed by atoms with van der Waals surface area (Å²) in [4.78, 5) is 32.1. The Morgan fingerprint density at radius 2 is 1.74 bits per heavy atom. The summed E-state index contributed by atoms with van der Waals surface area (Å²) in [7, 11) is -2.54. The molecule has 2 aliphatic rings. The molecular weight excluding hydrogens is 832 g/mol. The number of methoxy groups -OCH3 is 1. The van der Waals surface area contributed by atoms with E-state index in [0.717, 1.165) is 60.1 Å². The lowest BCUT2D eigenvalue weighted by Gasteiger charge is -2.14. The zero-order valence-electron chi connectivity index (χ0n) is 34.0. The third-order valence-corrected chi connectivity index (χ3v) is 14.0. The lowest BCUT2D eigenvalue weighted by Crippen LogP contribution is -2.25. The number of nitrogens with one attached hydrogen (secondary N) is 3. The Balaban J connectivity index is 0.927. The smallest absolute Gasteiger partial charge is 0.308 e. The summed E-state index contributed by atoms with van der Waals surface area (Å²) >= 11 is 8.43. The number of carbonyl (C=O) groups excluding carboxylic acids is 2. The van der Waals surface area contributed by atoms with Crippen molar-refractivity contribution in [3.8, 4) is 22.2 Å². The van der Waals surface area contributed by atoms with Crippen molar-refractivity contribution in [1.82, 2.24) is 20.1 Å². The van der Waals surface area contributed by atoms with Gasteiger partial charge >= 0.3 is 5.97 Å². The Kier molecular flexibility index (Phi) is 11.3. The first kappa shape index (κ1) is 41.4. The third kappa shape index (κ3) is 7.90. The molecule has 0 saturated heterocycles. The van der Waals surface area contributed by atoms with Crippen LogP contribution in [0.25, 0.3) is 16.1 Å². The molecule has 6 aromatic rings. The second-order valence-corrected chi connectivity index (χ2v) is 18.3. The van der Waals surface area contributed by atoms with E-state index in [9.17, 15) is 23.3 Å². The molecule has 0 spiro atoms. The van der Waals surface area contributed by atoms with Crippen LogP contribution in [0.1, 0.15) is 78.6 Å². The Bertz CT molecular complexity index is 2920. The number of esters is 1. The molecule has 3 N–H and O–H groups in total. The molecule has 310 valence electrons. The van der Waals surface area contributed by atoms with Crippen LogP contribution >= 0.6 is 22.9 Å². The van der Waals surface area contributed by atoms with Crippen LogP contribution in [0, 0.1) is 39.0 Å². The number of ether oxygens (including phenoxy) is 1. The van der Waals surface area contributed by atoms with E-state index in [2.05, 4.69) is 45.5 Å². The molecule has 4 heterocycles. The fraction of sp³-hybridized carbons (Fsp3) is 0.244. The van der Waals surface area contributed by atoms with Gasteiger partial charge in [0.1, 0.15) is 16.9 Å². The standard InChI is InChI=1S/C45H41ClN8O5S2/c1-24-6-17-36(42-39(24)32(22-47)23-49-42)53-61(57,58)33-14-7-28(8-15-33)18-19-48-44(56)31-13-16-34(35(46)20-31)29-9-11-30(12-10-29)41-40-25(2)26(3)60-45(40)54-27(4)51-52-43(54)37(50-41)21-38(55)59-5/h6-17,20,32,37,49,53H,18-19,21,23H2,1-5H3,(H,48,56)/t32?,37-/m0/s1. The number of carbonyl (C=O) groups is 2. The number of sulfonamides is 1. The number of aromatic nitrogens is 3. The van der Waals surface area contributed by atoms with E-state index in [1.807, 2.05) is 54.8 Å². The maximum atomic E-state index is 13.3. The molecule has 2 aromatic heterocycles. The number of thiophene rings is 1. The van der Waals surface area contributed by atoms with E-state index >= 15 is 0 Å². The monoisotopic (exact) mass is 872 g/mol. The predicted octanol–water partition coefficient (Wildman–Crippen LogP) is 8.14. The average molecular weight is 873 g/mol. The molecule has 0 bridgehead atoms. The minimum atomic E-state index is -3.90. The van der Waals surface area contributed by atoms with Gasteiger partial charge in [0.15, 0.2) is 5.82 Å². The van der Waals surface area contributed by atoms with E-state index in [-0.39, 0.29) is 23.1 Å². The van der Waals surface area contributed by atoms with Crippen molar-refractivity contribution >= 4 is 61.9 Å². The number of benzene rings is 4. The van der Waals surface area contributed by atoms with Crippen molar-refractivity contribution < 1.29 is 22.7 Å². The molecule has 1 amide bonds. The number of amides is 1. The first-order valence-corrected chi connectivity index (χ1v) is 22.2. The van der Waals surface area contributed by atoms with E-state index < -0.39 is 22.0 Å². The molecule has 0 aliphatic carbocycles. The molecule has 2 aliphatic heterocycles. The van der Waals surface area contributed by atoms with Crippen LogP contribution in [0.3, 0.4) is 0 Å². The molecule has 61 heavy (non-hydrogen) atoms. The fourth-order valence-electron chi connectivity index (χ4n) is 7.79. The van der Waals surface area contributed by atoms with Crippen LogP contribution in [0.15, 0.2) is 88.8 Å². The first-order valence-electron chi connectivity index (χ1n) is 19.5. The quantitative estimate of drug-likeness (QED) is 0.108. The molecule has 0 radical (unpaired) electrons. The number of rotatable bonds is 11. The molecule has 2 atom stereocenters. The van der Waals surface area contributed by atoms with Gasteiger partial charge in [0, 0.05) is 45.2 Å². The number of nitriles is 1. The number of aliphatic imine (C=N–C) groups is 1. The molecule has 0 saturated carbocycles. The van der Waals surface area contributed by atoms with Gasteiger partial charge in [-0.25, -0.2) is 8.42 Å². The van der Waals surface area contributed by atoms with Gasteiger partial charge in [-0.15, -0.1) is 21.5 Å². The van der Waals surface area contributed by atoms with Gasteiger partial charge in [-0.3, -0.25) is 23.9 Å². The highest BCUT2D eigenvalue weighted by molar-refractivity contribution is 7.92. The van der Waals surface area contributed by atoms with Crippen LogP contribution in [0.4, 0.5) is 11.4 Å². The highest BCUT2D eigenvalue weighted by Crippen LogP contribution is 2.42. The second kappa shape index (κ2) is 16.6. The average Bonchev–Trinajstić information content (AvgIpc) is 3.93. The summed E-state index contributed by atoms with van der Waals surface area (Å²) in [6, 6.07) is 24.7. The van der Waals surface area contributed by atoms with E-state index in [1.165, 1.54) is 19.2 Å². The van der Waals surface area contributed by atoms with Crippen molar-refractivity contribution in [3.63, 3.8) is 0 Å². The molecule has 4 aromatic carbocycles. The maximum Gasteiger partial charge on any atom is 0.308 e. The largest absolute Gasteiger partial charge is 0.469 e. The van der Waals surface area contributed by atoms with Crippen molar-refractivity contribution in [1.29, 1.82) is 5.26 Å². The van der Waals surface area contributed by atoms with Gasteiger partial charge in [0.2, 0.25) is 0 Å². The van der Waals surface area contributed by atoms with Crippen molar-refractivity contribution in [2.45, 2.75) is 57.4 Å². The zero-order valence-corrected chi connectivity index (χ0v) is 36.3. The minimum absolute atomic E-state index is 0.0120. The van der Waals surface area contributed by atoms with Crippen LogP contribution in [-0.4, -0.2) is 61.0 Å². The number of hydrogen-bond donors (Lipinski definition) is 3. The highest BCUT2D eigenvalue weighted by atomic mass is 35.5. The summed E-state index contributed by atoms with van der Waals surface area (Å²) < 4.78 is 36.2. The summed E-state index contributed by atoms with van der Waals surface area (Å²) in [5, 5.41) is 25.7. The minimum Gasteiger partial charge on any atom is -0.469 e. The van der Waals surface area contributed by atoms with Crippen LogP contribution in [-0.2, 0) is 26.0 Å². The lowest BCUT2D eigenvalue weighted by atomic mass is 9.96. The highest BCUT2D eigenvalue weighted by Gasteiger charge is 2.33. The van der Waals surface area contributed by atoms with Gasteiger partial charge in [-0.05, 0) is 92.3 Å². The summed E-state index contributed by atoms with van der Waals surface area (Å²) in [5.74, 6) is 0.261. The number of anilines is 2. The molecule has 0 fully saturated rings. The first-order chi connectivity index (χ1) is 29.3. The number of aryl methyl sites for hydroxylation is 3. The zero-order chi connectivity index (χ0) is 43.2. The molecule has 8 rings (SSSR count). The van der Waals surface area contributed by atoms with E-state index in [4.69, 9.17) is 21.3 Å². The topological polar surface area (TPSA) is 180 Å². The summed E-state index contributed by atoms with van der Waals surface area (Å²) in [6.07, 6.45) is 0.487. The predicted molar refractivity (Wildman–Crippen MR) is 237 cm³/mol. The Labute approximate surface area is 362 Å². The van der Waals surface area contributed by atoms with Crippen molar-refractivity contribution in [2.24, 2.45) is 4.99 Å². The number of halogens is 1. The van der Waals surface area contributed by atoms with Gasteiger partial charge in [-0.2, -0.15) is 5.26 Å². The van der Waals surface area contributed by atoms with Crippen LogP contribution in [0.2, 0.25) is 5.02 Å². The SMILES string of the molecule is COC(=O)C[C@@H]1N=C(c2ccc(-c3ccc(C(=O)NCCc4ccc(S(=O)(=O)Nc5ccc(C)c6c5NCC6C#N)cc4)cc3Cl)cc2)c2c(sc(C)c2C)-n2c(C)nnc21. The normalized spacial score (nSPS) is 15.3. The lowest BCUT2D eigenvalue weighted by molar-refractivity contribution is -0.141. The number of fused-ring (bicyclic) bond motifs is 4. The van der Waals surface area contributed by atoms with E-state index in [1.54, 1.807) is 41.7 Å². The van der Waals surface area contributed by atoms with Gasteiger partial charge in [0.25, 0.3) is 15.9 Å². The fourth-order valence-corrected chi connectivity index (χ4v) is 10.4. The molecule has 13 nitrogen and oxygen atoms in total. The third-order valence-electron chi connectivity index (χ3n) is 11.2. The van der Waals surface area contributed by atoms with Crippen molar-refractivity contribution in [3.05, 3.63) is 139 Å². The summed E-state index contributed by atoms with van der Waals surface area (Å²) in [6.45, 7) is 8.68. The molecule has 1 unspecified atom stereocenters. The second-order valence-electron chi connectivity index (χ2n) is 15.0. The van der Waals surface area contributed by atoms with Crippen LogP contribution < -0.4 is 15.4 Å². The number of hydrogen-bond acceptors (Lipinski definition) is 11. The van der Waals surface area contributed by atoms with Crippen LogP contribution in [0.5, 0.6) is 0 Å².